The van der Waals surface area contributed by atoms with Gasteiger partial charge in [-0.3, -0.25) is 14.3 Å². The van der Waals surface area contributed by atoms with E-state index < -0.39 is 20.0 Å². The molecule has 12 heteroatoms. The second kappa shape index (κ2) is 11.4. The summed E-state index contributed by atoms with van der Waals surface area (Å²) in [7, 11) is -2.86. The number of hydrogen-bond donors (Lipinski definition) is 3. The Morgan fingerprint density at radius 2 is 1.83 bits per heavy atom. The zero-order chi connectivity index (χ0) is 32.2. The molecule has 4 heterocycles. The van der Waals surface area contributed by atoms with Crippen molar-refractivity contribution in [1.29, 1.82) is 0 Å². The largest absolute Gasteiger partial charge is 0.432 e. The van der Waals surface area contributed by atoms with Crippen molar-refractivity contribution >= 4 is 30.7 Å². The molecule has 0 saturated carbocycles. The first-order valence-corrected chi connectivity index (χ1v) is 18.5. The number of carbonyl (C=O) groups excluding carboxylic acids is 1. The summed E-state index contributed by atoms with van der Waals surface area (Å²) in [4.78, 5) is 38.8. The van der Waals surface area contributed by atoms with Crippen molar-refractivity contribution in [2.75, 3.05) is 11.9 Å². The first-order valence-electron chi connectivity index (χ1n) is 15.5. The molecule has 11 nitrogen and oxygen atoms in total. The van der Waals surface area contributed by atoms with Crippen LogP contribution in [0.25, 0.3) is 16.5 Å². The third kappa shape index (κ3) is 4.89. The van der Waals surface area contributed by atoms with Gasteiger partial charge >= 0.3 is 0 Å². The van der Waals surface area contributed by atoms with E-state index in [4.69, 9.17) is 4.74 Å². The van der Waals surface area contributed by atoms with Crippen LogP contribution in [-0.4, -0.2) is 61.6 Å². The molecule has 3 aromatic carbocycles. The molecule has 2 aromatic heterocycles. The molecule has 7 rings (SSSR count). The Bertz CT molecular complexity index is 1990. The third-order valence-electron chi connectivity index (χ3n) is 9.60. The van der Waals surface area contributed by atoms with Gasteiger partial charge in [0.25, 0.3) is 11.5 Å². The van der Waals surface area contributed by atoms with Crippen molar-refractivity contribution in [2.24, 2.45) is 5.92 Å². The molecular weight excluding hydrogens is 600 g/mol. The highest BCUT2D eigenvalue weighted by atomic mass is 28.4. The molecule has 1 unspecified atom stereocenters. The van der Waals surface area contributed by atoms with Crippen LogP contribution in [0.2, 0.25) is 18.6 Å². The molecular formula is C34H36N6O5Si. The van der Waals surface area contributed by atoms with E-state index in [0.29, 0.717) is 41.0 Å². The van der Waals surface area contributed by atoms with Gasteiger partial charge in [0, 0.05) is 40.8 Å². The molecule has 1 spiro atoms. The predicted octanol–water partition coefficient (Wildman–Crippen LogP) is 3.94. The monoisotopic (exact) mass is 636 g/mol. The number of nitrogens with one attached hydrogen (secondary N) is 1. The van der Waals surface area contributed by atoms with Crippen LogP contribution < -0.4 is 10.9 Å². The fourth-order valence-electron chi connectivity index (χ4n) is 7.46. The van der Waals surface area contributed by atoms with Crippen molar-refractivity contribution in [2.45, 2.75) is 56.1 Å². The molecule has 1 fully saturated rings. The summed E-state index contributed by atoms with van der Waals surface area (Å²) in [5.74, 6) is -0.937. The summed E-state index contributed by atoms with van der Waals surface area (Å²) in [6.07, 6.45) is 3.53. The maximum atomic E-state index is 13.9. The van der Waals surface area contributed by atoms with Crippen molar-refractivity contribution < 1.29 is 19.4 Å². The minimum atomic E-state index is -2.86. The summed E-state index contributed by atoms with van der Waals surface area (Å²) in [5.41, 5.74) is 1.50. The highest BCUT2D eigenvalue weighted by molar-refractivity contribution is 6.71. The van der Waals surface area contributed by atoms with Crippen LogP contribution in [0.15, 0.2) is 90.0 Å². The van der Waals surface area contributed by atoms with Gasteiger partial charge in [-0.15, -0.1) is 5.10 Å². The van der Waals surface area contributed by atoms with Crippen molar-refractivity contribution in [3.63, 3.8) is 0 Å². The Kier molecular flexibility index (Phi) is 7.47. The number of amides is 1. The third-order valence-corrected chi connectivity index (χ3v) is 12.1. The lowest BCUT2D eigenvalue weighted by Crippen LogP contribution is -2.43. The number of benzene rings is 3. The summed E-state index contributed by atoms with van der Waals surface area (Å²) >= 11 is 0. The zero-order valence-electron chi connectivity index (χ0n) is 25.9. The molecule has 0 radical (unpaired) electrons. The number of aliphatic hydroxyl groups excluding tert-OH is 1. The van der Waals surface area contributed by atoms with Crippen LogP contribution in [0.3, 0.4) is 0 Å². The number of anilines is 1. The van der Waals surface area contributed by atoms with Gasteiger partial charge in [-0.05, 0) is 49.3 Å². The molecule has 236 valence electrons. The van der Waals surface area contributed by atoms with Crippen molar-refractivity contribution in [1.82, 2.24) is 24.8 Å². The van der Waals surface area contributed by atoms with Crippen LogP contribution >= 0.6 is 0 Å². The molecule has 0 aliphatic carbocycles. The van der Waals surface area contributed by atoms with E-state index in [1.165, 1.54) is 4.68 Å². The number of fused-ring (bicyclic) bond motifs is 3. The molecule has 0 bridgehead atoms. The minimum Gasteiger partial charge on any atom is -0.432 e. The summed E-state index contributed by atoms with van der Waals surface area (Å²) < 4.78 is 9.88. The second-order valence-corrected chi connectivity index (χ2v) is 16.8. The minimum absolute atomic E-state index is 0.0990. The van der Waals surface area contributed by atoms with Crippen molar-refractivity contribution in [3.8, 4) is 5.69 Å². The normalized spacial score (nSPS) is 23.2. The van der Waals surface area contributed by atoms with E-state index in [1.54, 1.807) is 35.1 Å². The van der Waals surface area contributed by atoms with E-state index >= 15 is 0 Å². The fourth-order valence-corrected chi connectivity index (χ4v) is 10.1. The number of aryl methyl sites for hydroxylation is 1. The van der Waals surface area contributed by atoms with Gasteiger partial charge in [0.2, 0.25) is 0 Å². The second-order valence-electron chi connectivity index (χ2n) is 12.8. The quantitative estimate of drug-likeness (QED) is 0.217. The number of nitrogens with zero attached hydrogens (tertiary/aromatic N) is 5. The Balaban J connectivity index is 1.20. The van der Waals surface area contributed by atoms with Gasteiger partial charge in [-0.25, -0.2) is 0 Å². The average molecular weight is 637 g/mol. The number of rotatable bonds is 8. The van der Waals surface area contributed by atoms with Crippen LogP contribution in [0.4, 0.5) is 5.69 Å². The van der Waals surface area contributed by atoms with Gasteiger partial charge < -0.3 is 20.0 Å². The lowest BCUT2D eigenvalue weighted by molar-refractivity contribution is -0.143. The molecule has 46 heavy (non-hydrogen) atoms. The average Bonchev–Trinajstić information content (AvgIpc) is 3.71. The highest BCUT2D eigenvalue weighted by Gasteiger charge is 2.64. The van der Waals surface area contributed by atoms with Gasteiger partial charge in [0.15, 0.2) is 13.9 Å². The maximum Gasteiger partial charge on any atom is 0.279 e. The maximum absolute atomic E-state index is 13.9. The number of aliphatic hydroxyl groups is 1. The summed E-state index contributed by atoms with van der Waals surface area (Å²) in [6, 6.07) is 22.3. The van der Waals surface area contributed by atoms with Crippen LogP contribution in [0.1, 0.15) is 36.1 Å². The van der Waals surface area contributed by atoms with E-state index in [9.17, 15) is 19.5 Å². The van der Waals surface area contributed by atoms with Gasteiger partial charge in [0.1, 0.15) is 0 Å². The first-order chi connectivity index (χ1) is 22.1. The fraction of sp³-hybridized carbons (Fsp3) is 0.324. The molecule has 5 aromatic rings. The van der Waals surface area contributed by atoms with Gasteiger partial charge in [-0.2, -0.15) is 9.78 Å². The Labute approximate surface area is 266 Å². The summed E-state index contributed by atoms with van der Waals surface area (Å²) in [6.45, 7) is 6.07. The van der Waals surface area contributed by atoms with Gasteiger partial charge in [-0.1, -0.05) is 60.7 Å². The Morgan fingerprint density at radius 3 is 2.59 bits per heavy atom. The molecule has 5 atom stereocenters. The van der Waals surface area contributed by atoms with E-state index in [1.807, 2.05) is 74.7 Å². The Hall–Kier alpha value is -4.49. The highest BCUT2D eigenvalue weighted by Crippen LogP contribution is 2.58. The lowest BCUT2D eigenvalue weighted by Gasteiger charge is -2.32. The van der Waals surface area contributed by atoms with E-state index in [2.05, 4.69) is 20.7 Å². The number of hydrogen-bond acceptors (Lipinski definition) is 8. The van der Waals surface area contributed by atoms with Crippen molar-refractivity contribution in [3.05, 3.63) is 112 Å². The lowest BCUT2D eigenvalue weighted by atomic mass is 9.82. The standard InChI is InChI=1S/C34H36N6O5Si/c1-21-31(46(2,3)44)30(15-16-39-19-29(37-38-39)26(20-41)22-9-5-4-6-10-22)45-34(21)27-17-24(13-14-28(27)36-33(34)43)40-32(42)25-12-8-7-11-23(25)18-35-40/h4-14,17-19,21,26,30-31,41,44H,15-16,20H2,1-3H3,(H,36,43)/t21-,26?,30+,31-,34+/m1/s1. The molecule has 1 amide bonds. The van der Waals surface area contributed by atoms with Gasteiger partial charge in [0.05, 0.1) is 41.6 Å². The molecule has 3 N–H and O–H groups in total. The number of aromatic nitrogens is 5. The molecule has 2 aliphatic rings. The van der Waals surface area contributed by atoms with E-state index in [-0.39, 0.29) is 35.5 Å². The van der Waals surface area contributed by atoms with Crippen LogP contribution in [-0.2, 0) is 21.7 Å². The topological polar surface area (TPSA) is 144 Å². The number of carbonyl (C=O) groups is 1. The smallest absolute Gasteiger partial charge is 0.279 e. The predicted molar refractivity (Wildman–Crippen MR) is 175 cm³/mol. The first kappa shape index (κ1) is 30.2. The molecule has 2 aliphatic heterocycles. The Morgan fingerprint density at radius 1 is 1.07 bits per heavy atom. The SMILES string of the molecule is C[C@@H]1[C@@H]([Si](C)(C)O)[C@H](CCn2cc(C(CO)c3ccccc3)nn2)O[C@@]12C(=O)Nc1ccc(-n3ncc4ccccc4c3=O)cc12. The summed E-state index contributed by atoms with van der Waals surface area (Å²) in [5, 5.41) is 27.5. The molecule has 1 saturated heterocycles. The van der Waals surface area contributed by atoms with E-state index in [0.717, 1.165) is 10.9 Å². The number of ether oxygens (including phenoxy) is 1. The van der Waals surface area contributed by atoms with Crippen LogP contribution in [0, 0.1) is 5.92 Å². The zero-order valence-corrected chi connectivity index (χ0v) is 26.9. The van der Waals surface area contributed by atoms with Crippen LogP contribution in [0.5, 0.6) is 0 Å².